The maximum absolute atomic E-state index is 2.63. The lowest BCUT2D eigenvalue weighted by atomic mass is 9.90. The van der Waals surface area contributed by atoms with Crippen molar-refractivity contribution in [3.8, 4) is 0 Å². The topological polar surface area (TPSA) is 8.82 Å². The minimum Gasteiger partial charge on any atom is -0.308 e. The van der Waals surface area contributed by atoms with Crippen molar-refractivity contribution in [3.05, 3.63) is 119 Å². The zero-order valence-corrected chi connectivity index (χ0v) is 24.0. The largest absolute Gasteiger partial charge is 0.308 e. The van der Waals surface area contributed by atoms with Crippen LogP contribution in [0.4, 0.5) is 0 Å². The molecule has 2 heteroatoms. The van der Waals surface area contributed by atoms with Crippen LogP contribution in [0.3, 0.4) is 0 Å². The molecule has 0 unspecified atom stereocenters. The first-order valence-corrected chi connectivity index (χ1v) is 16.1. The zero-order chi connectivity index (χ0) is 28.0. The Morgan fingerprint density at radius 3 is 1.14 bits per heavy atom. The van der Waals surface area contributed by atoms with Crippen molar-refractivity contribution in [1.29, 1.82) is 0 Å². The number of hydrogen-bond donors (Lipinski definition) is 0. The minimum atomic E-state index is 1.14. The van der Waals surface area contributed by atoms with E-state index in [9.17, 15) is 0 Å². The number of rotatable bonds is 0. The van der Waals surface area contributed by atoms with Crippen molar-refractivity contribution >= 4 is 97.7 Å². The minimum absolute atomic E-state index is 1.14. The molecule has 0 aliphatic heterocycles. The lowest BCUT2D eigenvalue weighted by molar-refractivity contribution is 1.02. The Hall–Kier alpha value is -5.34. The summed E-state index contributed by atoms with van der Waals surface area (Å²) in [5, 5.41) is 17.0. The van der Waals surface area contributed by atoms with Crippen LogP contribution < -0.4 is 0 Å². The number of aromatic nitrogens is 2. The first-order chi connectivity index (χ1) is 21.9. The molecule has 44 heavy (non-hydrogen) atoms. The van der Waals surface area contributed by atoms with E-state index in [4.69, 9.17) is 0 Å². The number of nitrogens with zero attached hydrogens (tertiary/aromatic N) is 2. The van der Waals surface area contributed by atoms with Gasteiger partial charge < -0.3 is 8.80 Å². The number of para-hydroxylation sites is 2. The molecule has 13 rings (SSSR count). The fourth-order valence-corrected chi connectivity index (χ4v) is 10.1. The molecule has 0 radical (unpaired) electrons. The maximum atomic E-state index is 2.63. The Morgan fingerprint density at radius 2 is 0.682 bits per heavy atom. The molecule has 7 aromatic carbocycles. The number of fused-ring (bicyclic) bond motifs is 12. The van der Waals surface area contributed by atoms with Gasteiger partial charge in [-0.1, -0.05) is 72.8 Å². The first kappa shape index (κ1) is 21.4. The molecule has 2 aliphatic carbocycles. The van der Waals surface area contributed by atoms with Gasteiger partial charge >= 0.3 is 0 Å². The Balaban J connectivity index is 1.51. The summed E-state index contributed by atoms with van der Waals surface area (Å²) in [6.07, 6.45) is 4.57. The highest BCUT2D eigenvalue weighted by molar-refractivity contribution is 6.46. The van der Waals surface area contributed by atoms with Crippen LogP contribution in [0.5, 0.6) is 0 Å². The third-order valence-corrected chi connectivity index (χ3v) is 11.7. The van der Waals surface area contributed by atoms with Crippen molar-refractivity contribution < 1.29 is 0 Å². The average molecular weight is 557 g/mol. The predicted octanol–water partition coefficient (Wildman–Crippen LogP) is 10.5. The van der Waals surface area contributed by atoms with Gasteiger partial charge in [0, 0.05) is 43.1 Å². The zero-order valence-electron chi connectivity index (χ0n) is 24.0. The molecule has 202 valence electrons. The lowest BCUT2D eigenvalue weighted by Gasteiger charge is -2.18. The van der Waals surface area contributed by atoms with E-state index in [0.717, 1.165) is 25.7 Å². The molecular formula is C42H24N2. The monoisotopic (exact) mass is 556 g/mol. The summed E-state index contributed by atoms with van der Waals surface area (Å²) in [5.41, 5.74) is 14.1. The van der Waals surface area contributed by atoms with Crippen molar-refractivity contribution in [2.75, 3.05) is 0 Å². The molecule has 4 aromatic heterocycles. The molecule has 0 fully saturated rings. The smallest absolute Gasteiger partial charge is 0.0634 e. The predicted molar refractivity (Wildman–Crippen MR) is 186 cm³/mol. The molecule has 0 N–H and O–H groups in total. The van der Waals surface area contributed by atoms with Crippen molar-refractivity contribution in [2.45, 2.75) is 25.7 Å². The van der Waals surface area contributed by atoms with E-state index in [1.54, 1.807) is 0 Å². The summed E-state index contributed by atoms with van der Waals surface area (Å²) in [6, 6.07) is 37.8. The van der Waals surface area contributed by atoms with Crippen molar-refractivity contribution in [1.82, 2.24) is 8.80 Å². The molecule has 2 aliphatic rings. The SMILES string of the molecule is c1ccc2c(c1)c1c3c4ccc5c6c(ccc(c64)n4c6ccccc6c(c6c7ccc8c9c(ccc(c97)n2c61)CC8)c34)CC5. The van der Waals surface area contributed by atoms with Gasteiger partial charge in [0.15, 0.2) is 0 Å². The Morgan fingerprint density at radius 1 is 0.295 bits per heavy atom. The molecule has 0 amide bonds. The highest BCUT2D eigenvalue weighted by Gasteiger charge is 2.30. The lowest BCUT2D eigenvalue weighted by Crippen LogP contribution is -1.97. The van der Waals surface area contributed by atoms with Crippen LogP contribution in [0, 0.1) is 0 Å². The maximum Gasteiger partial charge on any atom is 0.0634 e. The highest BCUT2D eigenvalue weighted by atomic mass is 14.9. The van der Waals surface area contributed by atoms with Crippen LogP contribution in [0.15, 0.2) is 97.1 Å². The van der Waals surface area contributed by atoms with E-state index >= 15 is 0 Å². The van der Waals surface area contributed by atoms with Gasteiger partial charge in [0.25, 0.3) is 0 Å². The fourth-order valence-electron chi connectivity index (χ4n) is 10.1. The summed E-state index contributed by atoms with van der Waals surface area (Å²) in [6.45, 7) is 0. The molecule has 0 saturated carbocycles. The molecule has 4 heterocycles. The van der Waals surface area contributed by atoms with Crippen LogP contribution in [0.1, 0.15) is 22.3 Å². The van der Waals surface area contributed by atoms with Crippen LogP contribution in [0.2, 0.25) is 0 Å². The van der Waals surface area contributed by atoms with Gasteiger partial charge in [-0.05, 0) is 93.7 Å². The van der Waals surface area contributed by atoms with Crippen molar-refractivity contribution in [2.24, 2.45) is 0 Å². The van der Waals surface area contributed by atoms with Gasteiger partial charge in [0.1, 0.15) is 0 Å². The molecular weight excluding hydrogens is 532 g/mol. The molecule has 0 spiro atoms. The second-order valence-corrected chi connectivity index (χ2v) is 13.4. The molecule has 0 bridgehead atoms. The van der Waals surface area contributed by atoms with E-state index in [2.05, 4.69) is 106 Å². The van der Waals surface area contributed by atoms with E-state index in [1.807, 2.05) is 0 Å². The van der Waals surface area contributed by atoms with E-state index in [-0.39, 0.29) is 0 Å². The Kier molecular flexibility index (Phi) is 3.27. The molecule has 0 atom stereocenters. The Bertz CT molecular complexity index is 2910. The van der Waals surface area contributed by atoms with Crippen LogP contribution >= 0.6 is 0 Å². The quantitative estimate of drug-likeness (QED) is 0.130. The summed E-state index contributed by atoms with van der Waals surface area (Å²) < 4.78 is 5.26. The normalized spacial score (nSPS) is 14.9. The average Bonchev–Trinajstić information content (AvgIpc) is 3.85. The van der Waals surface area contributed by atoms with E-state index in [0.29, 0.717) is 0 Å². The van der Waals surface area contributed by atoms with E-state index < -0.39 is 0 Å². The molecule has 2 nitrogen and oxygen atoms in total. The first-order valence-electron chi connectivity index (χ1n) is 16.1. The van der Waals surface area contributed by atoms with Gasteiger partial charge in [0.05, 0.1) is 33.1 Å². The Labute approximate surface area is 251 Å². The number of hydrogen-bond acceptors (Lipinski definition) is 0. The van der Waals surface area contributed by atoms with Gasteiger partial charge in [-0.15, -0.1) is 0 Å². The number of benzene rings is 7. The van der Waals surface area contributed by atoms with Crippen LogP contribution in [0.25, 0.3) is 97.7 Å². The third-order valence-electron chi connectivity index (χ3n) is 11.7. The summed E-state index contributed by atoms with van der Waals surface area (Å²) in [5.74, 6) is 0. The molecule has 0 saturated heterocycles. The fraction of sp³-hybridized carbons (Fsp3) is 0.0952. The second-order valence-electron chi connectivity index (χ2n) is 13.4. The van der Waals surface area contributed by atoms with Gasteiger partial charge in [-0.3, -0.25) is 0 Å². The summed E-state index contributed by atoms with van der Waals surface area (Å²) in [7, 11) is 0. The van der Waals surface area contributed by atoms with Crippen LogP contribution in [-0.4, -0.2) is 8.80 Å². The van der Waals surface area contributed by atoms with Gasteiger partial charge in [0.2, 0.25) is 0 Å². The van der Waals surface area contributed by atoms with Gasteiger partial charge in [-0.25, -0.2) is 0 Å². The molecule has 11 aromatic rings. The summed E-state index contributed by atoms with van der Waals surface area (Å²) >= 11 is 0. The number of pyridine rings is 2. The summed E-state index contributed by atoms with van der Waals surface area (Å²) in [4.78, 5) is 0. The van der Waals surface area contributed by atoms with Gasteiger partial charge in [-0.2, -0.15) is 0 Å². The van der Waals surface area contributed by atoms with Crippen molar-refractivity contribution in [3.63, 3.8) is 0 Å². The van der Waals surface area contributed by atoms with Crippen LogP contribution in [-0.2, 0) is 25.7 Å². The third kappa shape index (κ3) is 2.05. The second kappa shape index (κ2) is 6.74. The highest BCUT2D eigenvalue weighted by Crippen LogP contribution is 2.53. The van der Waals surface area contributed by atoms with E-state index in [1.165, 1.54) is 120 Å². The standard InChI is InChI=1S/C42H24N2/c1-3-7-29-25(5-1)37-39-27-17-13-21-9-12-24-16-20-32(35(27)33(21)24)44-30-8-4-2-6-26(30)38(42(39)44)40-28-18-14-22-10-11-23-15-19-31(36(28)34(22)23)43(29)41(37)40/h1-8,13-20H,9-12H2. The number of aryl methyl sites for hydroxylation is 4.